The highest BCUT2D eigenvalue weighted by Crippen LogP contribution is 2.22. The predicted octanol–water partition coefficient (Wildman–Crippen LogP) is 2.38. The monoisotopic (exact) mass is 277 g/mol. The van der Waals surface area contributed by atoms with E-state index in [1.807, 2.05) is 30.3 Å². The summed E-state index contributed by atoms with van der Waals surface area (Å²) in [4.78, 5) is 0. The third-order valence-corrected chi connectivity index (χ3v) is 3.94. The molecule has 0 fully saturated rings. The third kappa shape index (κ3) is 3.99. The van der Waals surface area contributed by atoms with E-state index >= 15 is 0 Å². The molecule has 2 rings (SSSR count). The number of aryl methyl sites for hydroxylation is 1. The Balaban J connectivity index is 2.02. The zero-order valence-electron chi connectivity index (χ0n) is 10.3. The Bertz CT molecular complexity index is 639. The normalized spacial score (nSPS) is 11.2. The second-order valence-corrected chi connectivity index (χ2v) is 6.02. The van der Waals surface area contributed by atoms with E-state index in [4.69, 9.17) is 0 Å². The standard InChI is InChI=1S/C14H15NO3S/c16-14-9-5-4-8-13(14)15-19(17,18)11-10-12-6-2-1-3-7-12/h1-9,15-16H,10-11H2. The average molecular weight is 277 g/mol. The van der Waals surface area contributed by atoms with Crippen molar-refractivity contribution in [2.75, 3.05) is 10.5 Å². The average Bonchev–Trinajstić information content (AvgIpc) is 2.40. The van der Waals surface area contributed by atoms with Gasteiger partial charge in [-0.15, -0.1) is 0 Å². The summed E-state index contributed by atoms with van der Waals surface area (Å²) < 4.78 is 26.2. The molecule has 0 aliphatic heterocycles. The van der Waals surface area contributed by atoms with Crippen molar-refractivity contribution in [2.24, 2.45) is 0 Å². The molecule has 100 valence electrons. The van der Waals surface area contributed by atoms with Crippen LogP contribution in [0.2, 0.25) is 0 Å². The van der Waals surface area contributed by atoms with E-state index in [-0.39, 0.29) is 17.2 Å². The smallest absolute Gasteiger partial charge is 0.233 e. The van der Waals surface area contributed by atoms with Crippen LogP contribution in [0.1, 0.15) is 5.56 Å². The Morgan fingerprint density at radius 2 is 1.58 bits per heavy atom. The Hall–Kier alpha value is -2.01. The number of anilines is 1. The van der Waals surface area contributed by atoms with Gasteiger partial charge in [0.25, 0.3) is 0 Å². The maximum atomic E-state index is 11.9. The first-order chi connectivity index (χ1) is 9.07. The van der Waals surface area contributed by atoms with Gasteiger partial charge in [0, 0.05) is 0 Å². The molecule has 0 unspecified atom stereocenters. The lowest BCUT2D eigenvalue weighted by atomic mass is 10.2. The van der Waals surface area contributed by atoms with Gasteiger partial charge in [-0.3, -0.25) is 4.72 Å². The van der Waals surface area contributed by atoms with Crippen molar-refractivity contribution in [3.05, 3.63) is 60.2 Å². The number of nitrogens with one attached hydrogen (secondary N) is 1. The number of rotatable bonds is 5. The summed E-state index contributed by atoms with van der Waals surface area (Å²) in [6, 6.07) is 15.7. The highest BCUT2D eigenvalue weighted by atomic mass is 32.2. The highest BCUT2D eigenvalue weighted by molar-refractivity contribution is 7.92. The minimum Gasteiger partial charge on any atom is -0.506 e. The number of hydrogen-bond donors (Lipinski definition) is 2. The summed E-state index contributed by atoms with van der Waals surface area (Å²) in [6.45, 7) is 0. The molecule has 2 aromatic carbocycles. The number of phenolic OH excluding ortho intramolecular Hbond substituents is 1. The van der Waals surface area contributed by atoms with Gasteiger partial charge in [-0.25, -0.2) is 8.42 Å². The maximum absolute atomic E-state index is 11.9. The van der Waals surface area contributed by atoms with E-state index in [1.165, 1.54) is 12.1 Å². The molecular weight excluding hydrogens is 262 g/mol. The molecule has 0 spiro atoms. The lowest BCUT2D eigenvalue weighted by Crippen LogP contribution is -2.18. The van der Waals surface area contributed by atoms with Crippen LogP contribution in [-0.4, -0.2) is 19.3 Å². The molecule has 0 saturated carbocycles. The van der Waals surface area contributed by atoms with Crippen molar-refractivity contribution in [3.8, 4) is 5.75 Å². The second-order valence-electron chi connectivity index (χ2n) is 4.17. The zero-order valence-corrected chi connectivity index (χ0v) is 11.1. The highest BCUT2D eigenvalue weighted by Gasteiger charge is 2.12. The third-order valence-electron chi connectivity index (χ3n) is 2.67. The molecule has 0 aliphatic rings. The lowest BCUT2D eigenvalue weighted by Gasteiger charge is -2.09. The van der Waals surface area contributed by atoms with Gasteiger partial charge in [0.2, 0.25) is 10.0 Å². The summed E-state index contributed by atoms with van der Waals surface area (Å²) in [5.41, 5.74) is 1.17. The van der Waals surface area contributed by atoms with Crippen molar-refractivity contribution >= 4 is 15.7 Å². The fraction of sp³-hybridized carbons (Fsp3) is 0.143. The van der Waals surface area contributed by atoms with Gasteiger partial charge in [0.15, 0.2) is 0 Å². The number of para-hydroxylation sites is 2. The van der Waals surface area contributed by atoms with Gasteiger partial charge < -0.3 is 5.11 Å². The molecule has 2 N–H and O–H groups in total. The minimum atomic E-state index is -3.47. The fourth-order valence-electron chi connectivity index (χ4n) is 1.68. The molecule has 0 saturated heterocycles. The van der Waals surface area contributed by atoms with Gasteiger partial charge in [-0.05, 0) is 24.1 Å². The van der Waals surface area contributed by atoms with Gasteiger partial charge in [-0.2, -0.15) is 0 Å². The van der Waals surface area contributed by atoms with E-state index in [1.54, 1.807) is 12.1 Å². The number of sulfonamides is 1. The van der Waals surface area contributed by atoms with E-state index in [0.717, 1.165) is 5.56 Å². The Kier molecular flexibility index (Phi) is 4.06. The van der Waals surface area contributed by atoms with Gasteiger partial charge in [-0.1, -0.05) is 42.5 Å². The van der Waals surface area contributed by atoms with Gasteiger partial charge >= 0.3 is 0 Å². The topological polar surface area (TPSA) is 66.4 Å². The first kappa shape index (κ1) is 13.4. The van der Waals surface area contributed by atoms with Gasteiger partial charge in [0.05, 0.1) is 11.4 Å². The number of hydrogen-bond acceptors (Lipinski definition) is 3. The maximum Gasteiger partial charge on any atom is 0.233 e. The van der Waals surface area contributed by atoms with Crippen molar-refractivity contribution in [1.29, 1.82) is 0 Å². The molecular formula is C14H15NO3S. The first-order valence-electron chi connectivity index (χ1n) is 5.89. The molecule has 0 heterocycles. The fourth-order valence-corrected chi connectivity index (χ4v) is 2.79. The molecule has 0 atom stereocenters. The molecule has 0 aliphatic carbocycles. The molecule has 19 heavy (non-hydrogen) atoms. The van der Waals surface area contributed by atoms with Crippen molar-refractivity contribution in [3.63, 3.8) is 0 Å². The van der Waals surface area contributed by atoms with Crippen molar-refractivity contribution < 1.29 is 13.5 Å². The minimum absolute atomic E-state index is 0.0225. The van der Waals surface area contributed by atoms with Crippen LogP contribution in [-0.2, 0) is 16.4 Å². The second kappa shape index (κ2) is 5.75. The van der Waals surface area contributed by atoms with E-state index in [9.17, 15) is 13.5 Å². The van der Waals surface area contributed by atoms with Crippen LogP contribution in [0.25, 0.3) is 0 Å². The van der Waals surface area contributed by atoms with Crippen LogP contribution < -0.4 is 4.72 Å². The quantitative estimate of drug-likeness (QED) is 0.825. The molecule has 0 amide bonds. The molecule has 0 radical (unpaired) electrons. The molecule has 0 aromatic heterocycles. The lowest BCUT2D eigenvalue weighted by molar-refractivity contribution is 0.477. The number of phenols is 1. The predicted molar refractivity (Wildman–Crippen MR) is 75.7 cm³/mol. The SMILES string of the molecule is O=S(=O)(CCc1ccccc1)Nc1ccccc1O. The summed E-state index contributed by atoms with van der Waals surface area (Å²) in [7, 11) is -3.47. The van der Waals surface area contributed by atoms with Crippen LogP contribution in [0.4, 0.5) is 5.69 Å². The van der Waals surface area contributed by atoms with Gasteiger partial charge in [0.1, 0.15) is 5.75 Å². The summed E-state index contributed by atoms with van der Waals surface area (Å²) in [5.74, 6) is -0.100. The van der Waals surface area contributed by atoms with E-state index in [0.29, 0.717) is 6.42 Å². The summed E-state index contributed by atoms with van der Waals surface area (Å²) in [5, 5.41) is 9.53. The summed E-state index contributed by atoms with van der Waals surface area (Å²) in [6.07, 6.45) is 0.434. The summed E-state index contributed by atoms with van der Waals surface area (Å²) >= 11 is 0. The number of benzene rings is 2. The van der Waals surface area contributed by atoms with Crippen LogP contribution in [0.3, 0.4) is 0 Å². The van der Waals surface area contributed by atoms with Crippen LogP contribution in [0.15, 0.2) is 54.6 Å². The van der Waals surface area contributed by atoms with Crippen molar-refractivity contribution in [1.82, 2.24) is 0 Å². The Labute approximate surface area is 112 Å². The largest absolute Gasteiger partial charge is 0.506 e. The first-order valence-corrected chi connectivity index (χ1v) is 7.54. The Morgan fingerprint density at radius 3 is 2.26 bits per heavy atom. The van der Waals surface area contributed by atoms with Crippen LogP contribution in [0, 0.1) is 0 Å². The van der Waals surface area contributed by atoms with E-state index < -0.39 is 10.0 Å². The molecule has 4 nitrogen and oxygen atoms in total. The van der Waals surface area contributed by atoms with Crippen LogP contribution >= 0.6 is 0 Å². The molecule has 0 bridgehead atoms. The Morgan fingerprint density at radius 1 is 0.947 bits per heavy atom. The van der Waals surface area contributed by atoms with Crippen LogP contribution in [0.5, 0.6) is 5.75 Å². The molecule has 2 aromatic rings. The van der Waals surface area contributed by atoms with E-state index in [2.05, 4.69) is 4.72 Å². The zero-order chi connectivity index (χ0) is 13.7. The van der Waals surface area contributed by atoms with Crippen molar-refractivity contribution in [2.45, 2.75) is 6.42 Å². The number of aromatic hydroxyl groups is 1. The molecule has 5 heteroatoms.